The number of nitrogens with one attached hydrogen (secondary N) is 1. The third-order valence-electron chi connectivity index (χ3n) is 6.27. The third kappa shape index (κ3) is 5.31. The first-order valence-electron chi connectivity index (χ1n) is 11.3. The average Bonchev–Trinajstić information content (AvgIpc) is 2.85. The van der Waals surface area contributed by atoms with Gasteiger partial charge in [0.25, 0.3) is 5.91 Å². The van der Waals surface area contributed by atoms with Crippen LogP contribution < -0.4 is 5.32 Å². The van der Waals surface area contributed by atoms with Crippen LogP contribution in [0, 0.1) is 5.92 Å². The highest BCUT2D eigenvalue weighted by atomic mass is 16.5. The van der Waals surface area contributed by atoms with Gasteiger partial charge in [0.1, 0.15) is 11.8 Å². The van der Waals surface area contributed by atoms with Crippen molar-refractivity contribution >= 4 is 11.8 Å². The first-order chi connectivity index (χ1) is 15.5. The van der Waals surface area contributed by atoms with Gasteiger partial charge in [0, 0.05) is 25.4 Å². The van der Waals surface area contributed by atoms with Crippen molar-refractivity contribution in [1.82, 2.24) is 25.1 Å². The zero-order valence-electron chi connectivity index (χ0n) is 18.8. The van der Waals surface area contributed by atoms with E-state index >= 15 is 0 Å². The SMILES string of the molecule is CNC(=O)c1ccc(-c2cccc([C@@H]3CN(C(=O)CN4CCC(C)CC4)CCO3)n2)cn1. The minimum Gasteiger partial charge on any atom is -0.368 e. The van der Waals surface area contributed by atoms with E-state index in [0.29, 0.717) is 31.9 Å². The van der Waals surface area contributed by atoms with Crippen LogP contribution in [0.15, 0.2) is 36.5 Å². The maximum absolute atomic E-state index is 12.9. The number of likely N-dealkylation sites (tertiary alicyclic amines) is 1. The summed E-state index contributed by atoms with van der Waals surface area (Å²) in [5, 5.41) is 2.56. The van der Waals surface area contributed by atoms with E-state index in [4.69, 9.17) is 9.72 Å². The molecule has 0 saturated carbocycles. The van der Waals surface area contributed by atoms with E-state index in [2.05, 4.69) is 22.1 Å². The second kappa shape index (κ2) is 10.2. The van der Waals surface area contributed by atoms with E-state index < -0.39 is 0 Å². The van der Waals surface area contributed by atoms with Gasteiger partial charge >= 0.3 is 0 Å². The molecule has 0 spiro atoms. The van der Waals surface area contributed by atoms with E-state index in [1.807, 2.05) is 29.2 Å². The lowest BCUT2D eigenvalue weighted by atomic mass is 9.99. The van der Waals surface area contributed by atoms with Crippen molar-refractivity contribution in [1.29, 1.82) is 0 Å². The number of nitrogens with zero attached hydrogens (tertiary/aromatic N) is 4. The fourth-order valence-electron chi connectivity index (χ4n) is 4.17. The number of amides is 2. The summed E-state index contributed by atoms with van der Waals surface area (Å²) in [5.74, 6) is 0.693. The molecular formula is C24H31N5O3. The summed E-state index contributed by atoms with van der Waals surface area (Å²) in [6.45, 7) is 6.38. The molecule has 0 aromatic carbocycles. The standard InChI is InChI=1S/C24H31N5O3/c1-17-8-10-28(11-9-17)16-23(30)29-12-13-32-22(15-29)20-5-3-4-19(27-20)18-6-7-21(26-14-18)24(31)25-2/h3-7,14,17,22H,8-13,15-16H2,1-2H3,(H,25,31)/t22-/m0/s1. The van der Waals surface area contributed by atoms with Gasteiger partial charge in [0.2, 0.25) is 5.91 Å². The van der Waals surface area contributed by atoms with Crippen molar-refractivity contribution in [3.05, 3.63) is 47.9 Å². The lowest BCUT2D eigenvalue weighted by Crippen LogP contribution is -2.48. The lowest BCUT2D eigenvalue weighted by Gasteiger charge is -2.35. The molecular weight excluding hydrogens is 406 g/mol. The van der Waals surface area contributed by atoms with Gasteiger partial charge in [-0.1, -0.05) is 13.0 Å². The van der Waals surface area contributed by atoms with Crippen LogP contribution in [0.1, 0.15) is 42.1 Å². The second-order valence-electron chi connectivity index (χ2n) is 8.62. The highest BCUT2D eigenvalue weighted by Crippen LogP contribution is 2.24. The molecule has 2 aromatic rings. The molecule has 0 bridgehead atoms. The van der Waals surface area contributed by atoms with Crippen LogP contribution in [0.3, 0.4) is 0 Å². The summed E-state index contributed by atoms with van der Waals surface area (Å²) in [7, 11) is 1.58. The number of pyridine rings is 2. The van der Waals surface area contributed by atoms with Gasteiger partial charge in [-0.3, -0.25) is 19.5 Å². The Hall–Kier alpha value is -2.84. The monoisotopic (exact) mass is 437 g/mol. The zero-order chi connectivity index (χ0) is 22.5. The molecule has 8 nitrogen and oxygen atoms in total. The van der Waals surface area contributed by atoms with E-state index in [9.17, 15) is 9.59 Å². The molecule has 2 amide bonds. The van der Waals surface area contributed by atoms with Gasteiger partial charge < -0.3 is 15.0 Å². The minimum absolute atomic E-state index is 0.165. The van der Waals surface area contributed by atoms with E-state index in [-0.39, 0.29) is 17.9 Å². The van der Waals surface area contributed by atoms with Crippen molar-refractivity contribution in [2.45, 2.75) is 25.9 Å². The molecule has 0 aliphatic carbocycles. The zero-order valence-corrected chi connectivity index (χ0v) is 18.8. The summed E-state index contributed by atoms with van der Waals surface area (Å²) in [6, 6.07) is 9.29. The van der Waals surface area contributed by atoms with E-state index in [0.717, 1.165) is 48.8 Å². The van der Waals surface area contributed by atoms with Crippen molar-refractivity contribution in [3.8, 4) is 11.3 Å². The first kappa shape index (κ1) is 22.4. The molecule has 2 saturated heterocycles. The molecule has 0 unspecified atom stereocenters. The quantitative estimate of drug-likeness (QED) is 0.771. The Balaban J connectivity index is 1.41. The van der Waals surface area contributed by atoms with Crippen LogP contribution in [0.2, 0.25) is 0 Å². The summed E-state index contributed by atoms with van der Waals surface area (Å²) < 4.78 is 5.97. The van der Waals surface area contributed by atoms with Gasteiger partial charge in [0.05, 0.1) is 31.1 Å². The number of carbonyl (C=O) groups excluding carboxylic acids is 2. The van der Waals surface area contributed by atoms with Gasteiger partial charge in [-0.2, -0.15) is 0 Å². The van der Waals surface area contributed by atoms with Gasteiger partial charge in [0.15, 0.2) is 0 Å². The molecule has 1 N–H and O–H groups in total. The second-order valence-corrected chi connectivity index (χ2v) is 8.62. The van der Waals surface area contributed by atoms with Crippen LogP contribution in [0.4, 0.5) is 0 Å². The van der Waals surface area contributed by atoms with Crippen molar-refractivity contribution in [2.24, 2.45) is 5.92 Å². The number of hydrogen-bond acceptors (Lipinski definition) is 6. The van der Waals surface area contributed by atoms with Crippen molar-refractivity contribution < 1.29 is 14.3 Å². The van der Waals surface area contributed by atoms with Crippen molar-refractivity contribution in [2.75, 3.05) is 46.4 Å². The van der Waals surface area contributed by atoms with E-state index in [1.165, 1.54) is 0 Å². The number of carbonyl (C=O) groups is 2. The van der Waals surface area contributed by atoms with Gasteiger partial charge in [-0.25, -0.2) is 4.98 Å². The Labute approximate surface area is 189 Å². The third-order valence-corrected chi connectivity index (χ3v) is 6.27. The molecule has 2 aliphatic rings. The van der Waals surface area contributed by atoms with Crippen molar-refractivity contribution in [3.63, 3.8) is 0 Å². The Morgan fingerprint density at radius 1 is 1.16 bits per heavy atom. The molecule has 2 aromatic heterocycles. The summed E-state index contributed by atoms with van der Waals surface area (Å²) in [4.78, 5) is 37.8. The number of morpholine rings is 1. The first-order valence-corrected chi connectivity index (χ1v) is 11.3. The van der Waals surface area contributed by atoms with E-state index in [1.54, 1.807) is 19.3 Å². The van der Waals surface area contributed by atoms with Crippen LogP contribution in [0.5, 0.6) is 0 Å². The molecule has 4 rings (SSSR count). The molecule has 170 valence electrons. The normalized spacial score (nSPS) is 20.2. The maximum Gasteiger partial charge on any atom is 0.269 e. The molecule has 2 fully saturated rings. The van der Waals surface area contributed by atoms with Gasteiger partial charge in [-0.05, 0) is 56.1 Å². The maximum atomic E-state index is 12.9. The minimum atomic E-state index is -0.257. The number of piperidine rings is 1. The van der Waals surface area contributed by atoms with Crippen LogP contribution in [0.25, 0.3) is 11.3 Å². The van der Waals surface area contributed by atoms with Crippen LogP contribution in [-0.4, -0.2) is 78.0 Å². The Morgan fingerprint density at radius 2 is 1.97 bits per heavy atom. The fraction of sp³-hybridized carbons (Fsp3) is 0.500. The largest absolute Gasteiger partial charge is 0.368 e. The number of rotatable bonds is 5. The topological polar surface area (TPSA) is 87.7 Å². The average molecular weight is 438 g/mol. The predicted molar refractivity (Wildman–Crippen MR) is 121 cm³/mol. The van der Waals surface area contributed by atoms with Crippen LogP contribution in [-0.2, 0) is 9.53 Å². The predicted octanol–water partition coefficient (Wildman–Crippen LogP) is 2.13. The number of hydrogen-bond donors (Lipinski definition) is 1. The highest BCUT2D eigenvalue weighted by Gasteiger charge is 2.28. The molecule has 8 heteroatoms. The molecule has 32 heavy (non-hydrogen) atoms. The molecule has 4 heterocycles. The summed E-state index contributed by atoms with van der Waals surface area (Å²) in [5.41, 5.74) is 2.73. The molecule has 2 aliphatic heterocycles. The Morgan fingerprint density at radius 3 is 2.69 bits per heavy atom. The highest BCUT2D eigenvalue weighted by molar-refractivity contribution is 5.92. The number of aromatic nitrogens is 2. The van der Waals surface area contributed by atoms with Gasteiger partial charge in [-0.15, -0.1) is 0 Å². The smallest absolute Gasteiger partial charge is 0.269 e. The number of ether oxygens (including phenoxy) is 1. The lowest BCUT2D eigenvalue weighted by molar-refractivity contribution is -0.140. The Bertz CT molecular complexity index is 941. The van der Waals surface area contributed by atoms with Crippen LogP contribution >= 0.6 is 0 Å². The fourth-order valence-corrected chi connectivity index (χ4v) is 4.17. The summed E-state index contributed by atoms with van der Waals surface area (Å²) in [6.07, 6.45) is 3.71. The summed E-state index contributed by atoms with van der Waals surface area (Å²) >= 11 is 0. The Kier molecular flexibility index (Phi) is 7.12. The molecule has 1 atom stereocenters. The molecule has 0 radical (unpaired) electrons.